The van der Waals surface area contributed by atoms with Crippen molar-refractivity contribution in [2.24, 2.45) is 0 Å². The largest absolute Gasteiger partial charge is 0.454 e. The van der Waals surface area contributed by atoms with Crippen LogP contribution in [0.5, 0.6) is 11.5 Å². The number of likely N-dealkylation sites (N-methyl/N-ethyl adjacent to an activating group) is 1. The highest BCUT2D eigenvalue weighted by atomic mass is 19.2. The van der Waals surface area contributed by atoms with E-state index >= 15 is 4.39 Å². The number of anilines is 1. The molecule has 44 heavy (non-hydrogen) atoms. The highest BCUT2D eigenvalue weighted by molar-refractivity contribution is 5.99. The Morgan fingerprint density at radius 1 is 1.18 bits per heavy atom. The van der Waals surface area contributed by atoms with Crippen LogP contribution in [0.1, 0.15) is 32.7 Å². The van der Waals surface area contributed by atoms with E-state index in [1.807, 2.05) is 32.8 Å². The van der Waals surface area contributed by atoms with Crippen LogP contribution in [0.4, 0.5) is 19.0 Å². The summed E-state index contributed by atoms with van der Waals surface area (Å²) >= 11 is 0. The number of fused-ring (bicyclic) bond motifs is 1. The van der Waals surface area contributed by atoms with Crippen LogP contribution in [0.3, 0.4) is 0 Å². The second kappa shape index (κ2) is 12.0. The van der Waals surface area contributed by atoms with Crippen LogP contribution in [-0.2, 0) is 4.79 Å². The molecule has 0 radical (unpaired) electrons. The number of piperidine rings is 1. The van der Waals surface area contributed by atoms with E-state index < -0.39 is 23.0 Å². The highest BCUT2D eigenvalue weighted by Gasteiger charge is 2.31. The number of hydrogen-bond donors (Lipinski definition) is 1. The molecule has 2 aromatic carbocycles. The number of ether oxygens (including phenoxy) is 1. The van der Waals surface area contributed by atoms with Gasteiger partial charge in [-0.15, -0.1) is 0 Å². The maximum absolute atomic E-state index is 15.5. The van der Waals surface area contributed by atoms with Crippen molar-refractivity contribution >= 4 is 22.8 Å². The molecule has 1 saturated heterocycles. The van der Waals surface area contributed by atoms with Crippen LogP contribution >= 0.6 is 0 Å². The van der Waals surface area contributed by atoms with E-state index in [0.717, 1.165) is 12.1 Å². The SMILES string of the molecule is CN(C)C(C)(C)C=C(C#N)C(=O)N1CCC[C@H](n2nc(-c3ccc(Oc4cccc(F)c4F)cc3F)c3c(N)ncnc32)C1. The smallest absolute Gasteiger partial charge is 0.264 e. The molecule has 0 aliphatic carbocycles. The fourth-order valence-corrected chi connectivity index (χ4v) is 5.01. The maximum atomic E-state index is 15.5. The van der Waals surface area contributed by atoms with Crippen LogP contribution in [0.15, 0.2) is 54.4 Å². The van der Waals surface area contributed by atoms with Gasteiger partial charge in [-0.05, 0) is 71.1 Å². The molecule has 0 saturated carbocycles. The summed E-state index contributed by atoms with van der Waals surface area (Å²) in [7, 11) is 3.74. The predicted molar refractivity (Wildman–Crippen MR) is 158 cm³/mol. The molecule has 10 nitrogen and oxygen atoms in total. The summed E-state index contributed by atoms with van der Waals surface area (Å²) < 4.78 is 50.2. The summed E-state index contributed by atoms with van der Waals surface area (Å²) in [6.45, 7) is 4.53. The van der Waals surface area contributed by atoms with Crippen LogP contribution in [0, 0.1) is 28.8 Å². The van der Waals surface area contributed by atoms with Gasteiger partial charge < -0.3 is 20.3 Å². The zero-order valence-corrected chi connectivity index (χ0v) is 24.7. The average Bonchev–Trinajstić information content (AvgIpc) is 3.39. The number of nitrogens with zero attached hydrogens (tertiary/aromatic N) is 7. The topological polar surface area (TPSA) is 126 Å². The normalized spacial score (nSPS) is 15.9. The molecule has 1 atom stereocenters. The number of nitrogens with two attached hydrogens (primary N) is 1. The number of amides is 1. The van der Waals surface area contributed by atoms with Crippen LogP contribution < -0.4 is 10.5 Å². The van der Waals surface area contributed by atoms with Gasteiger partial charge in [0.2, 0.25) is 5.82 Å². The molecule has 1 aliphatic heterocycles. The van der Waals surface area contributed by atoms with Gasteiger partial charge in [0.05, 0.1) is 11.4 Å². The minimum Gasteiger partial charge on any atom is -0.454 e. The van der Waals surface area contributed by atoms with Crippen LogP contribution in [0.25, 0.3) is 22.3 Å². The first-order valence-corrected chi connectivity index (χ1v) is 13.9. The Bertz CT molecular complexity index is 1810. The maximum Gasteiger partial charge on any atom is 0.264 e. The second-order valence-corrected chi connectivity index (χ2v) is 11.3. The molecule has 228 valence electrons. The van der Waals surface area contributed by atoms with Crippen molar-refractivity contribution in [1.82, 2.24) is 29.5 Å². The zero-order valence-electron chi connectivity index (χ0n) is 24.7. The first-order valence-electron chi connectivity index (χ1n) is 13.9. The van der Waals surface area contributed by atoms with Gasteiger partial charge in [0, 0.05) is 30.3 Å². The summed E-state index contributed by atoms with van der Waals surface area (Å²) in [6, 6.07) is 9.00. The lowest BCUT2D eigenvalue weighted by atomic mass is 9.98. The number of carbonyl (C=O) groups is 1. The molecule has 0 unspecified atom stereocenters. The molecule has 5 rings (SSSR count). The van der Waals surface area contributed by atoms with Crippen molar-refractivity contribution in [2.75, 3.05) is 32.9 Å². The van der Waals surface area contributed by atoms with Crippen molar-refractivity contribution < 1.29 is 22.7 Å². The molecule has 4 aromatic rings. The number of nitriles is 1. The average molecular weight is 605 g/mol. The minimum atomic E-state index is -1.19. The number of aromatic nitrogens is 4. The van der Waals surface area contributed by atoms with Crippen molar-refractivity contribution in [3.8, 4) is 28.8 Å². The molecule has 0 spiro atoms. The van der Waals surface area contributed by atoms with E-state index in [1.165, 1.54) is 30.6 Å². The van der Waals surface area contributed by atoms with Gasteiger partial charge >= 0.3 is 0 Å². The van der Waals surface area contributed by atoms with E-state index in [2.05, 4.69) is 16.0 Å². The van der Waals surface area contributed by atoms with E-state index in [0.29, 0.717) is 30.4 Å². The van der Waals surface area contributed by atoms with E-state index in [1.54, 1.807) is 15.7 Å². The molecule has 1 aliphatic rings. The molecular weight excluding hydrogens is 573 g/mol. The van der Waals surface area contributed by atoms with E-state index in [4.69, 9.17) is 15.6 Å². The van der Waals surface area contributed by atoms with Gasteiger partial charge in [0.25, 0.3) is 5.91 Å². The highest BCUT2D eigenvalue weighted by Crippen LogP contribution is 2.37. The number of rotatable bonds is 7. The Morgan fingerprint density at radius 3 is 2.66 bits per heavy atom. The Morgan fingerprint density at radius 2 is 1.95 bits per heavy atom. The summed E-state index contributed by atoms with van der Waals surface area (Å²) in [5.41, 5.74) is 6.35. The molecule has 13 heteroatoms. The molecule has 1 amide bonds. The van der Waals surface area contributed by atoms with Crippen molar-refractivity contribution in [3.05, 3.63) is 71.8 Å². The second-order valence-electron chi connectivity index (χ2n) is 11.3. The number of halogens is 3. The number of nitrogen functional groups attached to an aromatic ring is 1. The molecule has 2 N–H and O–H groups in total. The Hall–Kier alpha value is -4.96. The summed E-state index contributed by atoms with van der Waals surface area (Å²) in [4.78, 5) is 25.4. The number of carbonyl (C=O) groups excluding carboxylic acids is 1. The lowest BCUT2D eigenvalue weighted by molar-refractivity contribution is -0.128. The monoisotopic (exact) mass is 604 g/mol. The van der Waals surface area contributed by atoms with Crippen molar-refractivity contribution in [3.63, 3.8) is 0 Å². The number of likely N-dealkylation sites (tertiary alicyclic amines) is 1. The number of benzene rings is 2. The van der Waals surface area contributed by atoms with Crippen LogP contribution in [-0.4, -0.2) is 68.2 Å². The minimum absolute atomic E-state index is 0.0458. The van der Waals surface area contributed by atoms with Crippen LogP contribution in [0.2, 0.25) is 0 Å². The molecule has 2 aromatic heterocycles. The summed E-state index contributed by atoms with van der Waals surface area (Å²) in [5, 5.41) is 14.8. The van der Waals surface area contributed by atoms with Crippen molar-refractivity contribution in [1.29, 1.82) is 5.26 Å². The third kappa shape index (κ3) is 5.80. The van der Waals surface area contributed by atoms with Gasteiger partial charge in [-0.1, -0.05) is 6.07 Å². The quantitative estimate of drug-likeness (QED) is 0.224. The fraction of sp³-hybridized carbons (Fsp3) is 0.323. The first-order chi connectivity index (χ1) is 20.9. The van der Waals surface area contributed by atoms with E-state index in [9.17, 15) is 18.8 Å². The van der Waals surface area contributed by atoms with Gasteiger partial charge in [0.15, 0.2) is 17.2 Å². The van der Waals surface area contributed by atoms with Gasteiger partial charge in [-0.3, -0.25) is 4.79 Å². The van der Waals surface area contributed by atoms with Crippen molar-refractivity contribution in [2.45, 2.75) is 38.3 Å². The summed E-state index contributed by atoms with van der Waals surface area (Å²) in [6.07, 6.45) is 4.23. The first kappa shape index (κ1) is 30.5. The molecular formula is C31H31F3N8O2. The van der Waals surface area contributed by atoms with Gasteiger partial charge in [-0.2, -0.15) is 14.8 Å². The molecule has 0 bridgehead atoms. The van der Waals surface area contributed by atoms with Gasteiger partial charge in [-0.25, -0.2) is 23.4 Å². The van der Waals surface area contributed by atoms with Gasteiger partial charge in [0.1, 0.15) is 41.0 Å². The number of hydrogen-bond acceptors (Lipinski definition) is 8. The molecule has 1 fully saturated rings. The third-order valence-corrected chi connectivity index (χ3v) is 7.89. The lowest BCUT2D eigenvalue weighted by Crippen LogP contribution is -2.43. The molecule has 3 heterocycles. The Labute approximate surface area is 252 Å². The summed E-state index contributed by atoms with van der Waals surface area (Å²) in [5.74, 6) is -3.76. The fourth-order valence-electron chi connectivity index (χ4n) is 5.01. The zero-order chi connectivity index (χ0) is 31.8. The standard InChI is InChI=1S/C31H31F3N8O2/c1-31(2,40(3)4)14-18(15-35)30(43)41-12-6-7-19(16-41)42-29-25(28(36)37-17-38-29)27(39-42)21-11-10-20(13-23(21)33)44-24-9-5-8-22(32)26(24)34/h5,8-11,13-14,17,19H,6-7,12,16H2,1-4H3,(H2,36,37,38)/t19-/m0/s1. The Kier molecular flexibility index (Phi) is 8.29. The third-order valence-electron chi connectivity index (χ3n) is 7.89. The van der Waals surface area contributed by atoms with E-state index in [-0.39, 0.29) is 52.6 Å². The lowest BCUT2D eigenvalue weighted by Gasteiger charge is -2.34. The predicted octanol–water partition coefficient (Wildman–Crippen LogP) is 5.24. The Balaban J connectivity index is 1.48.